The van der Waals surface area contributed by atoms with Crippen LogP contribution in [0.4, 0.5) is 26.3 Å². The van der Waals surface area contributed by atoms with Gasteiger partial charge in [-0.25, -0.2) is 9.97 Å². The van der Waals surface area contributed by atoms with Crippen LogP contribution in [0.25, 0.3) is 10.9 Å². The number of benzene rings is 1. The molecule has 12 heteroatoms. The van der Waals surface area contributed by atoms with Gasteiger partial charge in [-0.1, -0.05) is 6.07 Å². The van der Waals surface area contributed by atoms with E-state index < -0.39 is 36.5 Å². The summed E-state index contributed by atoms with van der Waals surface area (Å²) in [6.07, 6.45) is -11.4. The minimum absolute atomic E-state index is 0.0699. The van der Waals surface area contributed by atoms with Gasteiger partial charge in [-0.15, -0.1) is 0 Å². The average Bonchev–Trinajstić information content (AvgIpc) is 2.70. The summed E-state index contributed by atoms with van der Waals surface area (Å²) in [6.45, 7) is -1.02. The number of halogens is 6. The van der Waals surface area contributed by atoms with E-state index in [4.69, 9.17) is 9.84 Å². The Morgan fingerprint density at radius 1 is 1.06 bits per heavy atom. The monoisotopic (exact) mass is 445 g/mol. The van der Waals surface area contributed by atoms with Crippen LogP contribution in [0.5, 0.6) is 11.6 Å². The van der Waals surface area contributed by atoms with Crippen LogP contribution in [0.2, 0.25) is 0 Å². The molecule has 164 valence electrons. The lowest BCUT2D eigenvalue weighted by Crippen LogP contribution is -2.40. The number of alkyl halides is 6. The van der Waals surface area contributed by atoms with Crippen molar-refractivity contribution in [2.24, 2.45) is 0 Å². The second-order valence-corrected chi connectivity index (χ2v) is 6.30. The third kappa shape index (κ3) is 5.60. The molecule has 0 aliphatic carbocycles. The van der Waals surface area contributed by atoms with Gasteiger partial charge in [0.25, 0.3) is 5.91 Å². The molecule has 1 unspecified atom stereocenters. The maximum atomic E-state index is 12.6. The third-order valence-electron chi connectivity index (χ3n) is 4.01. The summed E-state index contributed by atoms with van der Waals surface area (Å²) in [5, 5.41) is 11.4. The van der Waals surface area contributed by atoms with Gasteiger partial charge in [-0.05, 0) is 30.3 Å². The molecule has 3 rings (SSSR count). The number of carbonyl (C=O) groups excluding carboxylic acids is 1. The molecule has 0 aliphatic heterocycles. The van der Waals surface area contributed by atoms with Gasteiger partial charge >= 0.3 is 12.4 Å². The number of rotatable bonds is 5. The first-order valence-corrected chi connectivity index (χ1v) is 8.58. The molecule has 0 spiro atoms. The van der Waals surface area contributed by atoms with Crippen molar-refractivity contribution < 1.29 is 41.0 Å². The van der Waals surface area contributed by atoms with Crippen LogP contribution in [-0.2, 0) is 6.18 Å². The van der Waals surface area contributed by atoms with Gasteiger partial charge in [0.15, 0.2) is 6.10 Å². The number of aromatic nitrogens is 2. The molecule has 0 saturated heterocycles. The zero-order valence-corrected chi connectivity index (χ0v) is 15.3. The zero-order valence-electron chi connectivity index (χ0n) is 15.3. The largest absolute Gasteiger partial charge is 0.439 e. The fourth-order valence-corrected chi connectivity index (χ4v) is 2.42. The Morgan fingerprint density at radius 3 is 2.42 bits per heavy atom. The van der Waals surface area contributed by atoms with Gasteiger partial charge in [0.1, 0.15) is 11.4 Å². The lowest BCUT2D eigenvalue weighted by Gasteiger charge is -2.14. The Labute approximate surface area is 170 Å². The number of amides is 1. The molecule has 1 amide bonds. The molecule has 1 aromatic carbocycles. The van der Waals surface area contributed by atoms with Crippen LogP contribution in [0.1, 0.15) is 16.1 Å². The van der Waals surface area contributed by atoms with E-state index in [-0.39, 0.29) is 17.3 Å². The van der Waals surface area contributed by atoms with Crippen molar-refractivity contribution in [2.75, 3.05) is 6.54 Å². The highest BCUT2D eigenvalue weighted by Gasteiger charge is 2.38. The van der Waals surface area contributed by atoms with E-state index in [1.54, 1.807) is 0 Å². The number of nitrogens with zero attached hydrogens (tertiary/aromatic N) is 2. The molecule has 3 aromatic rings. The molecule has 0 bridgehead atoms. The maximum absolute atomic E-state index is 12.6. The first-order chi connectivity index (χ1) is 14.4. The van der Waals surface area contributed by atoms with E-state index in [0.29, 0.717) is 17.1 Å². The standard InChI is InChI=1S/C19H13F6N3O3/c20-18(21,22)11-2-6-16(26-8-11)31-12-3-5-13-10(7-12)1-4-14(28-13)17(30)27-9-15(29)19(23,24)25/h1-8,15,29H,9H2,(H,27,30). The molecule has 2 aromatic heterocycles. The normalized spacial score (nSPS) is 13.1. The van der Waals surface area contributed by atoms with Crippen molar-refractivity contribution in [1.29, 1.82) is 0 Å². The highest BCUT2D eigenvalue weighted by Crippen LogP contribution is 2.30. The molecule has 0 fully saturated rings. The number of aliphatic hydroxyl groups is 1. The van der Waals surface area contributed by atoms with E-state index in [1.165, 1.54) is 30.3 Å². The van der Waals surface area contributed by atoms with E-state index in [1.807, 2.05) is 5.32 Å². The second kappa shape index (κ2) is 8.38. The maximum Gasteiger partial charge on any atom is 0.417 e. The summed E-state index contributed by atoms with van der Waals surface area (Å²) in [5.41, 5.74) is -0.771. The van der Waals surface area contributed by atoms with Crippen LogP contribution < -0.4 is 10.1 Å². The molecular weight excluding hydrogens is 432 g/mol. The van der Waals surface area contributed by atoms with E-state index in [9.17, 15) is 31.1 Å². The van der Waals surface area contributed by atoms with E-state index >= 15 is 0 Å². The Bertz CT molecular complexity index is 1080. The van der Waals surface area contributed by atoms with E-state index in [0.717, 1.165) is 12.1 Å². The summed E-state index contributed by atoms with van der Waals surface area (Å²) in [5.74, 6) is -0.730. The molecular formula is C19H13F6N3O3. The van der Waals surface area contributed by atoms with Crippen molar-refractivity contribution in [1.82, 2.24) is 15.3 Å². The third-order valence-corrected chi connectivity index (χ3v) is 4.01. The summed E-state index contributed by atoms with van der Waals surface area (Å²) >= 11 is 0. The van der Waals surface area contributed by atoms with Gasteiger partial charge in [0, 0.05) is 17.6 Å². The van der Waals surface area contributed by atoms with Gasteiger partial charge in [-0.3, -0.25) is 4.79 Å². The molecule has 0 radical (unpaired) electrons. The first-order valence-electron chi connectivity index (χ1n) is 8.58. The van der Waals surface area contributed by atoms with Crippen molar-refractivity contribution in [3.05, 3.63) is 59.9 Å². The number of pyridine rings is 2. The molecule has 0 saturated carbocycles. The summed E-state index contributed by atoms with van der Waals surface area (Å²) < 4.78 is 80.0. The van der Waals surface area contributed by atoms with Crippen molar-refractivity contribution in [2.45, 2.75) is 18.5 Å². The Hall–Kier alpha value is -3.41. The minimum atomic E-state index is -4.86. The Balaban J connectivity index is 1.70. The summed E-state index contributed by atoms with van der Waals surface area (Å²) in [6, 6.07) is 9.00. The highest BCUT2D eigenvalue weighted by molar-refractivity contribution is 5.95. The van der Waals surface area contributed by atoms with Gasteiger partial charge < -0.3 is 15.2 Å². The predicted octanol–water partition coefficient (Wildman–Crippen LogP) is 4.09. The van der Waals surface area contributed by atoms with E-state index in [2.05, 4.69) is 9.97 Å². The quantitative estimate of drug-likeness (QED) is 0.578. The fourth-order valence-electron chi connectivity index (χ4n) is 2.42. The molecule has 6 nitrogen and oxygen atoms in total. The van der Waals surface area contributed by atoms with Crippen molar-refractivity contribution >= 4 is 16.8 Å². The topological polar surface area (TPSA) is 84.3 Å². The zero-order chi connectivity index (χ0) is 22.8. The summed E-state index contributed by atoms with van der Waals surface area (Å²) in [4.78, 5) is 19.6. The smallest absolute Gasteiger partial charge is 0.417 e. The number of hydrogen-bond donors (Lipinski definition) is 2. The Kier molecular flexibility index (Phi) is 6.02. The summed E-state index contributed by atoms with van der Waals surface area (Å²) in [7, 11) is 0. The lowest BCUT2D eigenvalue weighted by molar-refractivity contribution is -0.201. The number of aliphatic hydroxyl groups excluding tert-OH is 1. The number of hydrogen-bond acceptors (Lipinski definition) is 5. The number of ether oxygens (including phenoxy) is 1. The molecule has 31 heavy (non-hydrogen) atoms. The van der Waals surface area contributed by atoms with Crippen LogP contribution in [0.3, 0.4) is 0 Å². The van der Waals surface area contributed by atoms with Crippen LogP contribution in [0.15, 0.2) is 48.7 Å². The molecule has 2 N–H and O–H groups in total. The number of fused-ring (bicyclic) bond motifs is 1. The Morgan fingerprint density at radius 2 is 1.81 bits per heavy atom. The van der Waals surface area contributed by atoms with Crippen molar-refractivity contribution in [3.8, 4) is 11.6 Å². The number of carbonyl (C=O) groups is 1. The van der Waals surface area contributed by atoms with Crippen LogP contribution in [0, 0.1) is 0 Å². The molecule has 1 atom stereocenters. The first kappa shape index (κ1) is 22.3. The van der Waals surface area contributed by atoms with Crippen LogP contribution >= 0.6 is 0 Å². The fraction of sp³-hybridized carbons (Fsp3) is 0.211. The SMILES string of the molecule is O=C(NCC(O)C(F)(F)F)c1ccc2cc(Oc3ccc(C(F)(F)F)cn3)ccc2n1. The molecule has 0 aliphatic rings. The minimum Gasteiger partial charge on any atom is -0.439 e. The average molecular weight is 445 g/mol. The highest BCUT2D eigenvalue weighted by atomic mass is 19.4. The molecule has 2 heterocycles. The van der Waals surface area contributed by atoms with Gasteiger partial charge in [0.2, 0.25) is 5.88 Å². The predicted molar refractivity (Wildman–Crippen MR) is 95.5 cm³/mol. The van der Waals surface area contributed by atoms with Gasteiger partial charge in [-0.2, -0.15) is 26.3 Å². The lowest BCUT2D eigenvalue weighted by atomic mass is 10.2. The van der Waals surface area contributed by atoms with Crippen molar-refractivity contribution in [3.63, 3.8) is 0 Å². The number of nitrogens with one attached hydrogen (secondary N) is 1. The second-order valence-electron chi connectivity index (χ2n) is 6.30. The van der Waals surface area contributed by atoms with Gasteiger partial charge in [0.05, 0.1) is 17.6 Å². The van der Waals surface area contributed by atoms with Crippen LogP contribution in [-0.4, -0.2) is 39.8 Å².